The van der Waals surface area contributed by atoms with Gasteiger partial charge in [0.2, 0.25) is 5.91 Å². The van der Waals surface area contributed by atoms with Crippen LogP contribution < -0.4 is 16.0 Å². The van der Waals surface area contributed by atoms with Crippen molar-refractivity contribution < 1.29 is 9.59 Å². The molecule has 0 radical (unpaired) electrons. The average Bonchev–Trinajstić information content (AvgIpc) is 3.21. The third-order valence-corrected chi connectivity index (χ3v) is 5.79. The monoisotopic (exact) mass is 400 g/mol. The molecule has 28 heavy (non-hydrogen) atoms. The molecule has 1 saturated heterocycles. The third-order valence-electron chi connectivity index (χ3n) is 4.92. The number of carbonyl (C=O) groups is 2. The van der Waals surface area contributed by atoms with Gasteiger partial charge in [-0.1, -0.05) is 24.3 Å². The first-order valence-corrected chi connectivity index (χ1v) is 10.7. The molecule has 0 aliphatic carbocycles. The number of rotatable bonds is 8. The summed E-state index contributed by atoms with van der Waals surface area (Å²) in [5.41, 5.74) is 0.731. The first-order valence-electron chi connectivity index (χ1n) is 9.80. The molecule has 1 fully saturated rings. The van der Waals surface area contributed by atoms with Gasteiger partial charge in [-0.2, -0.15) is 0 Å². The van der Waals surface area contributed by atoms with Crippen LogP contribution in [0.1, 0.15) is 24.1 Å². The summed E-state index contributed by atoms with van der Waals surface area (Å²) in [5.74, 6) is 0.527. The van der Waals surface area contributed by atoms with Crippen LogP contribution in [0.15, 0.2) is 47.8 Å². The summed E-state index contributed by atoms with van der Waals surface area (Å²) in [4.78, 5) is 27.7. The average molecular weight is 401 g/mol. The molecule has 0 unspecified atom stereocenters. The van der Waals surface area contributed by atoms with E-state index in [-0.39, 0.29) is 11.9 Å². The normalized spacial score (nSPS) is 15.1. The minimum atomic E-state index is -0.294. The molecule has 2 heterocycles. The van der Waals surface area contributed by atoms with Crippen molar-refractivity contribution in [2.45, 2.75) is 25.8 Å². The summed E-state index contributed by atoms with van der Waals surface area (Å²) in [5, 5.41) is 10.6. The van der Waals surface area contributed by atoms with Crippen molar-refractivity contribution in [3.8, 4) is 0 Å². The number of urea groups is 1. The van der Waals surface area contributed by atoms with E-state index in [9.17, 15) is 9.59 Å². The number of likely N-dealkylation sites (tertiary alicyclic amines) is 1. The number of para-hydroxylation sites is 1. The van der Waals surface area contributed by atoms with Crippen LogP contribution in [0.2, 0.25) is 0 Å². The van der Waals surface area contributed by atoms with E-state index in [1.807, 2.05) is 41.7 Å². The van der Waals surface area contributed by atoms with E-state index >= 15 is 0 Å². The standard InChI is InChI=1S/C21H28N4O2S/c26-20(8-11-22-21(27)24-18-5-2-1-3-6-18)23-15-17-9-12-25(13-10-17)16-19-7-4-14-28-19/h1-7,14,17H,8-13,15-16H2,(H,23,26)(H2,22,24,27). The fraction of sp³-hybridized carbons (Fsp3) is 0.429. The van der Waals surface area contributed by atoms with Crippen molar-refractivity contribution in [3.05, 3.63) is 52.7 Å². The maximum Gasteiger partial charge on any atom is 0.319 e. The van der Waals surface area contributed by atoms with Crippen LogP contribution in [-0.2, 0) is 11.3 Å². The number of nitrogens with one attached hydrogen (secondary N) is 3. The molecule has 1 aromatic heterocycles. The molecule has 3 rings (SSSR count). The Labute approximate surface area is 170 Å². The topological polar surface area (TPSA) is 73.5 Å². The summed E-state index contributed by atoms with van der Waals surface area (Å²) < 4.78 is 0. The number of hydrogen-bond donors (Lipinski definition) is 3. The van der Waals surface area contributed by atoms with Crippen LogP contribution in [0.25, 0.3) is 0 Å². The van der Waals surface area contributed by atoms with Crippen LogP contribution in [0.5, 0.6) is 0 Å². The second kappa shape index (κ2) is 10.8. The molecule has 1 aliphatic heterocycles. The Kier molecular flexibility index (Phi) is 7.87. The van der Waals surface area contributed by atoms with Crippen LogP contribution in [0.4, 0.5) is 10.5 Å². The number of piperidine rings is 1. The molecular formula is C21H28N4O2S. The molecule has 0 atom stereocenters. The molecule has 1 aliphatic rings. The van der Waals surface area contributed by atoms with Gasteiger partial charge in [-0.15, -0.1) is 11.3 Å². The lowest BCUT2D eigenvalue weighted by molar-refractivity contribution is -0.121. The Bertz CT molecular complexity index is 728. The zero-order valence-corrected chi connectivity index (χ0v) is 16.8. The Hall–Kier alpha value is -2.38. The predicted molar refractivity (Wildman–Crippen MR) is 113 cm³/mol. The Morgan fingerprint density at radius 1 is 1.04 bits per heavy atom. The largest absolute Gasteiger partial charge is 0.356 e. The zero-order valence-electron chi connectivity index (χ0n) is 16.0. The Morgan fingerprint density at radius 2 is 1.82 bits per heavy atom. The van der Waals surface area contributed by atoms with Gasteiger partial charge in [-0.25, -0.2) is 4.79 Å². The molecule has 0 spiro atoms. The van der Waals surface area contributed by atoms with E-state index < -0.39 is 0 Å². The van der Waals surface area contributed by atoms with Crippen LogP contribution in [0.3, 0.4) is 0 Å². The van der Waals surface area contributed by atoms with Gasteiger partial charge in [0.25, 0.3) is 0 Å². The maximum atomic E-state index is 12.0. The summed E-state index contributed by atoms with van der Waals surface area (Å²) in [6, 6.07) is 13.2. The molecule has 7 heteroatoms. The molecule has 3 N–H and O–H groups in total. The molecular weight excluding hydrogens is 372 g/mol. The number of thiophene rings is 1. The minimum absolute atomic E-state index is 0.0129. The highest BCUT2D eigenvalue weighted by molar-refractivity contribution is 7.09. The van der Waals surface area contributed by atoms with Crippen molar-refractivity contribution in [2.24, 2.45) is 5.92 Å². The number of benzene rings is 1. The van der Waals surface area contributed by atoms with E-state index in [1.54, 1.807) is 0 Å². The lowest BCUT2D eigenvalue weighted by atomic mass is 9.96. The van der Waals surface area contributed by atoms with E-state index in [0.29, 0.717) is 18.9 Å². The first-order chi connectivity index (χ1) is 13.7. The molecule has 150 valence electrons. The molecule has 0 saturated carbocycles. The van der Waals surface area contributed by atoms with E-state index in [2.05, 4.69) is 38.4 Å². The van der Waals surface area contributed by atoms with E-state index in [1.165, 1.54) is 4.88 Å². The molecule has 1 aromatic carbocycles. The smallest absolute Gasteiger partial charge is 0.319 e. The van der Waals surface area contributed by atoms with E-state index in [0.717, 1.165) is 44.7 Å². The Morgan fingerprint density at radius 3 is 2.54 bits per heavy atom. The lowest BCUT2D eigenvalue weighted by Gasteiger charge is -2.31. The van der Waals surface area contributed by atoms with Gasteiger partial charge in [0.15, 0.2) is 0 Å². The van der Waals surface area contributed by atoms with Gasteiger partial charge in [-0.3, -0.25) is 9.69 Å². The van der Waals surface area contributed by atoms with Gasteiger partial charge < -0.3 is 16.0 Å². The number of amides is 3. The number of carbonyl (C=O) groups excluding carboxylic acids is 2. The van der Waals surface area contributed by atoms with Crippen molar-refractivity contribution in [1.29, 1.82) is 0 Å². The Balaban J connectivity index is 1.24. The highest BCUT2D eigenvalue weighted by Crippen LogP contribution is 2.20. The van der Waals surface area contributed by atoms with Crippen molar-refractivity contribution in [1.82, 2.24) is 15.5 Å². The van der Waals surface area contributed by atoms with Gasteiger partial charge >= 0.3 is 6.03 Å². The number of anilines is 1. The van der Waals surface area contributed by atoms with Crippen LogP contribution >= 0.6 is 11.3 Å². The molecule has 2 aromatic rings. The highest BCUT2D eigenvalue weighted by Gasteiger charge is 2.20. The minimum Gasteiger partial charge on any atom is -0.356 e. The van der Waals surface area contributed by atoms with Crippen molar-refractivity contribution >= 4 is 29.0 Å². The quantitative estimate of drug-likeness (QED) is 0.637. The summed E-state index contributed by atoms with van der Waals surface area (Å²) in [6.07, 6.45) is 2.52. The summed E-state index contributed by atoms with van der Waals surface area (Å²) >= 11 is 1.81. The maximum absolute atomic E-state index is 12.0. The second-order valence-electron chi connectivity index (χ2n) is 7.10. The molecule has 6 nitrogen and oxygen atoms in total. The van der Waals surface area contributed by atoms with Gasteiger partial charge in [0.1, 0.15) is 0 Å². The molecule has 0 bridgehead atoms. The van der Waals surface area contributed by atoms with Gasteiger partial charge in [-0.05, 0) is 55.4 Å². The SMILES string of the molecule is O=C(CCNC(=O)Nc1ccccc1)NCC1CCN(Cc2cccs2)CC1. The fourth-order valence-corrected chi connectivity index (χ4v) is 4.05. The number of hydrogen-bond acceptors (Lipinski definition) is 4. The third kappa shape index (κ3) is 6.98. The van der Waals surface area contributed by atoms with Crippen LogP contribution in [0, 0.1) is 5.92 Å². The van der Waals surface area contributed by atoms with Crippen LogP contribution in [-0.4, -0.2) is 43.0 Å². The lowest BCUT2D eigenvalue weighted by Crippen LogP contribution is -2.39. The summed E-state index contributed by atoms with van der Waals surface area (Å²) in [7, 11) is 0. The zero-order chi connectivity index (χ0) is 19.6. The summed E-state index contributed by atoms with van der Waals surface area (Å²) in [6.45, 7) is 4.25. The van der Waals surface area contributed by atoms with Gasteiger partial charge in [0.05, 0.1) is 0 Å². The number of nitrogens with zero attached hydrogens (tertiary/aromatic N) is 1. The van der Waals surface area contributed by atoms with Gasteiger partial charge in [0, 0.05) is 36.6 Å². The van der Waals surface area contributed by atoms with Crippen molar-refractivity contribution in [3.63, 3.8) is 0 Å². The highest BCUT2D eigenvalue weighted by atomic mass is 32.1. The fourth-order valence-electron chi connectivity index (χ4n) is 3.30. The predicted octanol–water partition coefficient (Wildman–Crippen LogP) is 3.29. The van der Waals surface area contributed by atoms with Crippen molar-refractivity contribution in [2.75, 3.05) is 31.5 Å². The second-order valence-corrected chi connectivity index (χ2v) is 8.13. The van der Waals surface area contributed by atoms with E-state index in [4.69, 9.17) is 0 Å². The molecule has 3 amide bonds. The first kappa shape index (κ1) is 20.4.